The van der Waals surface area contributed by atoms with Crippen LogP contribution in [0.4, 0.5) is 13.6 Å². The van der Waals surface area contributed by atoms with E-state index in [4.69, 9.17) is 0 Å². The molecule has 0 radical (unpaired) electrons. The largest absolute Gasteiger partial charge is 0.387 e. The second-order valence-corrected chi connectivity index (χ2v) is 6.18. The van der Waals surface area contributed by atoms with Gasteiger partial charge in [0.25, 0.3) is 5.91 Å². The number of hydrogen-bond donors (Lipinski definition) is 2. The van der Waals surface area contributed by atoms with Crippen LogP contribution in [0, 0.1) is 11.6 Å². The van der Waals surface area contributed by atoms with Crippen LogP contribution in [0.15, 0.2) is 48.5 Å². The number of halogens is 2. The summed E-state index contributed by atoms with van der Waals surface area (Å²) in [6.45, 7) is 1.47. The minimum absolute atomic E-state index is 0.265. The molecule has 3 amide bonds. The molecule has 1 heterocycles. The summed E-state index contributed by atoms with van der Waals surface area (Å²) in [6.07, 6.45) is -0.877. The summed E-state index contributed by atoms with van der Waals surface area (Å²) >= 11 is 0. The zero-order chi connectivity index (χ0) is 18.9. The number of hydrogen-bond acceptors (Lipinski definition) is 3. The van der Waals surface area contributed by atoms with Gasteiger partial charge >= 0.3 is 6.03 Å². The van der Waals surface area contributed by atoms with Gasteiger partial charge in [-0.3, -0.25) is 9.69 Å². The number of nitrogens with zero attached hydrogens (tertiary/aromatic N) is 1. The van der Waals surface area contributed by atoms with E-state index in [9.17, 15) is 23.5 Å². The molecule has 3 rings (SSSR count). The van der Waals surface area contributed by atoms with E-state index in [1.54, 1.807) is 6.92 Å². The molecule has 2 aromatic rings. The minimum atomic E-state index is -1.30. The van der Waals surface area contributed by atoms with Crippen molar-refractivity contribution in [2.45, 2.75) is 25.0 Å². The third-order valence-corrected chi connectivity index (χ3v) is 4.65. The van der Waals surface area contributed by atoms with Crippen LogP contribution in [0.1, 0.15) is 30.6 Å². The number of aliphatic hydroxyl groups is 1. The number of rotatable bonds is 5. The van der Waals surface area contributed by atoms with E-state index >= 15 is 0 Å². The molecule has 0 saturated carbocycles. The van der Waals surface area contributed by atoms with Crippen molar-refractivity contribution in [3.8, 4) is 0 Å². The number of urea groups is 1. The van der Waals surface area contributed by atoms with Crippen molar-refractivity contribution in [3.05, 3.63) is 71.3 Å². The lowest BCUT2D eigenvalue weighted by Crippen LogP contribution is -2.43. The lowest BCUT2D eigenvalue weighted by Gasteiger charge is -2.26. The summed E-state index contributed by atoms with van der Waals surface area (Å²) in [5.74, 6) is -1.41. The maximum atomic E-state index is 13.2. The molecule has 0 bridgehead atoms. The third kappa shape index (κ3) is 3.06. The van der Waals surface area contributed by atoms with Gasteiger partial charge in [0.05, 0.1) is 12.6 Å². The SMILES string of the molecule is CC[C@]1(c2ccc(F)cc2)NC(=O)N(C[C@H](O)c2ccc(F)cc2)C1=O. The molecule has 2 atom stereocenters. The molecule has 5 nitrogen and oxygen atoms in total. The van der Waals surface area contributed by atoms with E-state index in [-0.39, 0.29) is 13.0 Å². The van der Waals surface area contributed by atoms with Crippen LogP contribution in [0.5, 0.6) is 0 Å². The van der Waals surface area contributed by atoms with Crippen LogP contribution in [0.25, 0.3) is 0 Å². The zero-order valence-electron chi connectivity index (χ0n) is 14.1. The van der Waals surface area contributed by atoms with Crippen molar-refractivity contribution in [2.75, 3.05) is 6.54 Å². The number of benzene rings is 2. The maximum absolute atomic E-state index is 13.2. The lowest BCUT2D eigenvalue weighted by molar-refractivity contribution is -0.132. The second-order valence-electron chi connectivity index (χ2n) is 6.18. The number of imide groups is 1. The number of β-amino-alcohol motifs (C(OH)–C–C–N with tert-alkyl or cyclic N) is 1. The summed E-state index contributed by atoms with van der Waals surface area (Å²) in [5.41, 5.74) is -0.436. The summed E-state index contributed by atoms with van der Waals surface area (Å²) < 4.78 is 26.2. The van der Waals surface area contributed by atoms with Gasteiger partial charge < -0.3 is 10.4 Å². The van der Waals surface area contributed by atoms with Crippen molar-refractivity contribution >= 4 is 11.9 Å². The van der Waals surface area contributed by atoms with E-state index < -0.39 is 35.2 Å². The highest BCUT2D eigenvalue weighted by Crippen LogP contribution is 2.33. The van der Waals surface area contributed by atoms with Crippen molar-refractivity contribution in [2.24, 2.45) is 0 Å². The Morgan fingerprint density at radius 1 is 1.04 bits per heavy atom. The number of nitrogens with one attached hydrogen (secondary N) is 1. The Labute approximate surface area is 149 Å². The first-order valence-corrected chi connectivity index (χ1v) is 8.21. The van der Waals surface area contributed by atoms with Crippen molar-refractivity contribution < 1.29 is 23.5 Å². The summed E-state index contributed by atoms with van der Waals surface area (Å²) in [4.78, 5) is 26.3. The molecular formula is C19H18F2N2O3. The van der Waals surface area contributed by atoms with E-state index in [0.717, 1.165) is 4.90 Å². The van der Waals surface area contributed by atoms with Crippen LogP contribution in [0.3, 0.4) is 0 Å². The van der Waals surface area contributed by atoms with Gasteiger partial charge in [-0.2, -0.15) is 0 Å². The topological polar surface area (TPSA) is 69.6 Å². The van der Waals surface area contributed by atoms with Gasteiger partial charge in [-0.1, -0.05) is 31.2 Å². The van der Waals surface area contributed by atoms with Crippen LogP contribution < -0.4 is 5.32 Å². The number of carbonyl (C=O) groups excluding carboxylic acids is 2. The highest BCUT2D eigenvalue weighted by molar-refractivity contribution is 6.07. The fourth-order valence-corrected chi connectivity index (χ4v) is 3.13. The number of carbonyl (C=O) groups is 2. The Morgan fingerprint density at radius 3 is 2.12 bits per heavy atom. The molecule has 26 heavy (non-hydrogen) atoms. The second kappa shape index (κ2) is 6.84. The zero-order valence-corrected chi connectivity index (χ0v) is 14.1. The third-order valence-electron chi connectivity index (χ3n) is 4.65. The van der Waals surface area contributed by atoms with Gasteiger partial charge in [0.15, 0.2) is 0 Å². The predicted molar refractivity (Wildman–Crippen MR) is 90.0 cm³/mol. The van der Waals surface area contributed by atoms with Crippen molar-refractivity contribution in [1.82, 2.24) is 10.2 Å². The number of amides is 3. The Hall–Kier alpha value is -2.80. The summed E-state index contributed by atoms with van der Waals surface area (Å²) in [7, 11) is 0. The fraction of sp³-hybridized carbons (Fsp3) is 0.263. The molecule has 136 valence electrons. The smallest absolute Gasteiger partial charge is 0.325 e. The molecule has 1 saturated heterocycles. The molecule has 0 aliphatic carbocycles. The number of aliphatic hydroxyl groups excluding tert-OH is 1. The first-order valence-electron chi connectivity index (χ1n) is 8.21. The van der Waals surface area contributed by atoms with Crippen LogP contribution in [-0.4, -0.2) is 28.5 Å². The molecule has 0 spiro atoms. The van der Waals surface area contributed by atoms with E-state index in [0.29, 0.717) is 11.1 Å². The van der Waals surface area contributed by atoms with E-state index in [1.807, 2.05) is 0 Å². The van der Waals surface area contributed by atoms with Gasteiger partial charge in [-0.15, -0.1) is 0 Å². The Morgan fingerprint density at radius 2 is 1.58 bits per heavy atom. The lowest BCUT2D eigenvalue weighted by atomic mass is 9.87. The molecule has 0 unspecified atom stereocenters. The first-order chi connectivity index (χ1) is 12.4. The average Bonchev–Trinajstić information content (AvgIpc) is 2.88. The normalized spacial score (nSPS) is 21.0. The average molecular weight is 360 g/mol. The molecular weight excluding hydrogens is 342 g/mol. The van der Waals surface area contributed by atoms with Crippen LogP contribution in [-0.2, 0) is 10.3 Å². The van der Waals surface area contributed by atoms with Gasteiger partial charge in [-0.25, -0.2) is 13.6 Å². The summed E-state index contributed by atoms with van der Waals surface area (Å²) in [5, 5.41) is 13.0. The molecule has 2 aromatic carbocycles. The Bertz CT molecular complexity index is 824. The molecule has 0 aromatic heterocycles. The molecule has 1 fully saturated rings. The van der Waals surface area contributed by atoms with Gasteiger partial charge in [0.1, 0.15) is 17.2 Å². The highest BCUT2D eigenvalue weighted by Gasteiger charge is 2.51. The standard InChI is InChI=1S/C19H18F2N2O3/c1-2-19(13-5-9-15(21)10-6-13)17(25)23(18(26)22-19)11-16(24)12-3-7-14(20)8-4-12/h3-10,16,24H,2,11H2,1H3,(H,22,26)/t16-,19+/m0/s1. The van der Waals surface area contributed by atoms with E-state index in [1.165, 1.54) is 48.5 Å². The quantitative estimate of drug-likeness (QED) is 0.806. The van der Waals surface area contributed by atoms with Gasteiger partial charge in [0.2, 0.25) is 0 Å². The molecule has 7 heteroatoms. The van der Waals surface area contributed by atoms with E-state index in [2.05, 4.69) is 5.32 Å². The van der Waals surface area contributed by atoms with Crippen LogP contribution in [0.2, 0.25) is 0 Å². The van der Waals surface area contributed by atoms with Gasteiger partial charge in [0, 0.05) is 0 Å². The molecule has 1 aliphatic heterocycles. The maximum Gasteiger partial charge on any atom is 0.325 e. The predicted octanol–water partition coefficient (Wildman–Crippen LogP) is 2.86. The molecule has 2 N–H and O–H groups in total. The van der Waals surface area contributed by atoms with Crippen molar-refractivity contribution in [3.63, 3.8) is 0 Å². The van der Waals surface area contributed by atoms with Gasteiger partial charge in [-0.05, 0) is 41.8 Å². The fourth-order valence-electron chi connectivity index (χ4n) is 3.13. The summed E-state index contributed by atoms with van der Waals surface area (Å²) in [6, 6.07) is 9.90. The van der Waals surface area contributed by atoms with Crippen LogP contribution >= 0.6 is 0 Å². The highest BCUT2D eigenvalue weighted by atomic mass is 19.1. The Kier molecular flexibility index (Phi) is 4.73. The van der Waals surface area contributed by atoms with Crippen molar-refractivity contribution in [1.29, 1.82) is 0 Å². The first kappa shape index (κ1) is 18.0. The Balaban J connectivity index is 1.85. The monoisotopic (exact) mass is 360 g/mol. The molecule has 1 aliphatic rings. The minimum Gasteiger partial charge on any atom is -0.387 e.